The molecule has 2 amide bonds. The number of amides is 2. The van der Waals surface area contributed by atoms with E-state index in [4.69, 9.17) is 4.74 Å². The first kappa shape index (κ1) is 12.7. The van der Waals surface area contributed by atoms with E-state index < -0.39 is 0 Å². The van der Waals surface area contributed by atoms with Gasteiger partial charge in [0.05, 0.1) is 12.7 Å². The van der Waals surface area contributed by atoms with Crippen LogP contribution in [0.3, 0.4) is 0 Å². The van der Waals surface area contributed by atoms with Crippen molar-refractivity contribution in [3.05, 3.63) is 0 Å². The molecule has 0 atom stereocenters. The molecule has 0 spiro atoms. The maximum Gasteiger partial charge on any atom is 0.317 e. The van der Waals surface area contributed by atoms with Gasteiger partial charge in [-0.2, -0.15) is 0 Å². The summed E-state index contributed by atoms with van der Waals surface area (Å²) in [7, 11) is 0. The Kier molecular flexibility index (Phi) is 5.10. The normalized spacial score (nSPS) is 21.8. The number of rotatable bonds is 4. The molecule has 4 heteroatoms. The number of hydrogen-bond acceptors (Lipinski definition) is 2. The van der Waals surface area contributed by atoms with Gasteiger partial charge in [0.25, 0.3) is 0 Å². The molecular weight excluding hydrogens is 216 g/mol. The van der Waals surface area contributed by atoms with Gasteiger partial charge >= 0.3 is 6.03 Å². The highest BCUT2D eigenvalue weighted by molar-refractivity contribution is 5.74. The van der Waals surface area contributed by atoms with Crippen LogP contribution >= 0.6 is 0 Å². The molecule has 17 heavy (non-hydrogen) atoms. The first-order valence-electron chi connectivity index (χ1n) is 7.00. The number of nitrogens with zero attached hydrogens (tertiary/aromatic N) is 1. The minimum Gasteiger partial charge on any atom is -0.376 e. The standard InChI is InChI=1S/C13H24N2O2/c16-13(15-9-4-1-5-10-15)14-8-11-17-12-6-2-3-7-12/h12H,1-11H2,(H,14,16). The molecule has 2 aliphatic rings. The molecule has 1 saturated carbocycles. The molecule has 0 radical (unpaired) electrons. The fourth-order valence-corrected chi connectivity index (χ4v) is 2.65. The Balaban J connectivity index is 1.53. The molecule has 0 aromatic carbocycles. The molecule has 98 valence electrons. The van der Waals surface area contributed by atoms with Crippen LogP contribution in [-0.4, -0.2) is 43.3 Å². The fourth-order valence-electron chi connectivity index (χ4n) is 2.65. The van der Waals surface area contributed by atoms with Crippen LogP contribution in [0.4, 0.5) is 4.79 Å². The van der Waals surface area contributed by atoms with Gasteiger partial charge in [0.15, 0.2) is 0 Å². The predicted molar refractivity (Wildman–Crippen MR) is 67.0 cm³/mol. The monoisotopic (exact) mass is 240 g/mol. The van der Waals surface area contributed by atoms with Gasteiger partial charge in [-0.15, -0.1) is 0 Å². The number of urea groups is 1. The number of nitrogens with one attached hydrogen (secondary N) is 1. The Hall–Kier alpha value is -0.770. The van der Waals surface area contributed by atoms with Gasteiger partial charge in [-0.3, -0.25) is 0 Å². The topological polar surface area (TPSA) is 41.6 Å². The lowest BCUT2D eigenvalue weighted by atomic mass is 10.1. The van der Waals surface area contributed by atoms with Crippen LogP contribution in [0.1, 0.15) is 44.9 Å². The molecule has 0 unspecified atom stereocenters. The van der Waals surface area contributed by atoms with Crippen molar-refractivity contribution >= 4 is 6.03 Å². The molecule has 1 saturated heterocycles. The van der Waals surface area contributed by atoms with Crippen LogP contribution in [0.5, 0.6) is 0 Å². The Morgan fingerprint density at radius 1 is 1.12 bits per heavy atom. The summed E-state index contributed by atoms with van der Waals surface area (Å²) in [6, 6.07) is 0.0831. The largest absolute Gasteiger partial charge is 0.376 e. The number of hydrogen-bond donors (Lipinski definition) is 1. The summed E-state index contributed by atoms with van der Waals surface area (Å²) in [5.74, 6) is 0. The smallest absolute Gasteiger partial charge is 0.317 e. The van der Waals surface area contributed by atoms with Crippen LogP contribution in [-0.2, 0) is 4.74 Å². The van der Waals surface area contributed by atoms with Crippen LogP contribution in [0.25, 0.3) is 0 Å². The van der Waals surface area contributed by atoms with E-state index in [9.17, 15) is 4.79 Å². The summed E-state index contributed by atoms with van der Waals surface area (Å²) in [5.41, 5.74) is 0. The van der Waals surface area contributed by atoms with Crippen LogP contribution in [0.15, 0.2) is 0 Å². The van der Waals surface area contributed by atoms with Crippen molar-refractivity contribution in [1.29, 1.82) is 0 Å². The third-order valence-electron chi connectivity index (χ3n) is 3.68. The van der Waals surface area contributed by atoms with E-state index in [-0.39, 0.29) is 6.03 Å². The molecule has 1 heterocycles. The number of carbonyl (C=O) groups excluding carboxylic acids is 1. The summed E-state index contributed by atoms with van der Waals surface area (Å²) in [6.07, 6.45) is 8.98. The maximum atomic E-state index is 11.8. The number of carbonyl (C=O) groups is 1. The zero-order valence-corrected chi connectivity index (χ0v) is 10.6. The van der Waals surface area contributed by atoms with Gasteiger partial charge in [-0.05, 0) is 32.1 Å². The average molecular weight is 240 g/mol. The minimum atomic E-state index is 0.0831. The predicted octanol–water partition coefficient (Wildman–Crippen LogP) is 2.14. The van der Waals surface area contributed by atoms with Crippen LogP contribution in [0.2, 0.25) is 0 Å². The van der Waals surface area contributed by atoms with E-state index in [1.165, 1.54) is 32.1 Å². The van der Waals surface area contributed by atoms with E-state index >= 15 is 0 Å². The highest BCUT2D eigenvalue weighted by Crippen LogP contribution is 2.20. The zero-order valence-electron chi connectivity index (χ0n) is 10.6. The molecule has 4 nitrogen and oxygen atoms in total. The van der Waals surface area contributed by atoms with Crippen molar-refractivity contribution in [3.8, 4) is 0 Å². The molecule has 2 rings (SSSR count). The molecular formula is C13H24N2O2. The molecule has 2 fully saturated rings. The Morgan fingerprint density at radius 3 is 2.53 bits per heavy atom. The fraction of sp³-hybridized carbons (Fsp3) is 0.923. The quantitative estimate of drug-likeness (QED) is 0.765. The summed E-state index contributed by atoms with van der Waals surface area (Å²) in [6.45, 7) is 3.13. The summed E-state index contributed by atoms with van der Waals surface area (Å²) in [4.78, 5) is 13.7. The van der Waals surface area contributed by atoms with E-state index in [1.807, 2.05) is 4.90 Å². The van der Waals surface area contributed by atoms with Gasteiger partial charge in [0, 0.05) is 19.6 Å². The van der Waals surface area contributed by atoms with E-state index in [0.29, 0.717) is 19.3 Å². The number of likely N-dealkylation sites (tertiary alicyclic amines) is 1. The SMILES string of the molecule is O=C(NCCOC1CCCC1)N1CCCCC1. The van der Waals surface area contributed by atoms with Gasteiger partial charge in [-0.1, -0.05) is 12.8 Å². The first-order valence-corrected chi connectivity index (χ1v) is 7.00. The third-order valence-corrected chi connectivity index (χ3v) is 3.68. The lowest BCUT2D eigenvalue weighted by molar-refractivity contribution is 0.0604. The van der Waals surface area contributed by atoms with Crippen LogP contribution in [0, 0.1) is 0 Å². The van der Waals surface area contributed by atoms with Crippen molar-refractivity contribution in [3.63, 3.8) is 0 Å². The first-order chi connectivity index (χ1) is 8.36. The second-order valence-corrected chi connectivity index (χ2v) is 5.06. The Bertz CT molecular complexity index is 234. The third kappa shape index (κ3) is 4.19. The lowest BCUT2D eigenvalue weighted by Crippen LogP contribution is -2.43. The van der Waals surface area contributed by atoms with Crippen molar-refractivity contribution in [2.45, 2.75) is 51.0 Å². The van der Waals surface area contributed by atoms with E-state index in [1.54, 1.807) is 0 Å². The molecule has 1 aliphatic heterocycles. The number of piperidine rings is 1. The summed E-state index contributed by atoms with van der Waals surface area (Å²) < 4.78 is 5.71. The highest BCUT2D eigenvalue weighted by Gasteiger charge is 2.17. The second kappa shape index (κ2) is 6.84. The Morgan fingerprint density at radius 2 is 1.82 bits per heavy atom. The zero-order chi connectivity index (χ0) is 11.9. The molecule has 0 bridgehead atoms. The molecule has 1 aliphatic carbocycles. The van der Waals surface area contributed by atoms with Crippen molar-refractivity contribution in [1.82, 2.24) is 10.2 Å². The summed E-state index contributed by atoms with van der Waals surface area (Å²) in [5, 5.41) is 2.94. The number of ether oxygens (including phenoxy) is 1. The maximum absolute atomic E-state index is 11.8. The molecule has 0 aromatic heterocycles. The molecule has 0 aromatic rings. The Labute approximate surface area is 104 Å². The average Bonchev–Trinajstić information content (AvgIpc) is 2.88. The van der Waals surface area contributed by atoms with Crippen molar-refractivity contribution in [2.75, 3.05) is 26.2 Å². The minimum absolute atomic E-state index is 0.0831. The van der Waals surface area contributed by atoms with Crippen molar-refractivity contribution < 1.29 is 9.53 Å². The summed E-state index contributed by atoms with van der Waals surface area (Å²) >= 11 is 0. The van der Waals surface area contributed by atoms with Gasteiger partial charge in [0.2, 0.25) is 0 Å². The van der Waals surface area contributed by atoms with E-state index in [0.717, 1.165) is 25.9 Å². The van der Waals surface area contributed by atoms with E-state index in [2.05, 4.69) is 5.32 Å². The van der Waals surface area contributed by atoms with Gasteiger partial charge in [-0.25, -0.2) is 4.79 Å². The van der Waals surface area contributed by atoms with Gasteiger partial charge in [0.1, 0.15) is 0 Å². The molecule has 1 N–H and O–H groups in total. The van der Waals surface area contributed by atoms with Gasteiger partial charge < -0.3 is 15.0 Å². The van der Waals surface area contributed by atoms with Crippen molar-refractivity contribution in [2.24, 2.45) is 0 Å². The highest BCUT2D eigenvalue weighted by atomic mass is 16.5. The lowest BCUT2D eigenvalue weighted by Gasteiger charge is -2.26. The second-order valence-electron chi connectivity index (χ2n) is 5.06. The van der Waals surface area contributed by atoms with Crippen LogP contribution < -0.4 is 5.32 Å².